The van der Waals surface area contributed by atoms with E-state index in [9.17, 15) is 9.90 Å². The van der Waals surface area contributed by atoms with Crippen molar-refractivity contribution >= 4 is 11.7 Å². The van der Waals surface area contributed by atoms with Crippen LogP contribution in [0.2, 0.25) is 0 Å². The SMILES string of the molecule is Cc1cc(NC(=O)CN2CCC[C@H]2C[C@H](O)c2ccccc2)no1. The van der Waals surface area contributed by atoms with E-state index < -0.39 is 6.10 Å². The first-order valence-electron chi connectivity index (χ1n) is 8.32. The monoisotopic (exact) mass is 329 g/mol. The van der Waals surface area contributed by atoms with Gasteiger partial charge in [-0.2, -0.15) is 0 Å². The van der Waals surface area contributed by atoms with Crippen molar-refractivity contribution in [3.8, 4) is 0 Å². The van der Waals surface area contributed by atoms with Crippen LogP contribution in [0, 0.1) is 6.92 Å². The Balaban J connectivity index is 1.54. The summed E-state index contributed by atoms with van der Waals surface area (Å²) in [6.45, 7) is 2.96. The molecule has 0 bridgehead atoms. The number of hydrogen-bond acceptors (Lipinski definition) is 5. The quantitative estimate of drug-likeness (QED) is 0.851. The lowest BCUT2D eigenvalue weighted by Crippen LogP contribution is -2.37. The van der Waals surface area contributed by atoms with Gasteiger partial charge in [-0.1, -0.05) is 35.5 Å². The summed E-state index contributed by atoms with van der Waals surface area (Å²) < 4.78 is 4.95. The van der Waals surface area contributed by atoms with E-state index in [2.05, 4.69) is 15.4 Å². The molecule has 3 rings (SSSR count). The highest BCUT2D eigenvalue weighted by Gasteiger charge is 2.28. The molecule has 0 radical (unpaired) electrons. The van der Waals surface area contributed by atoms with E-state index in [-0.39, 0.29) is 11.9 Å². The van der Waals surface area contributed by atoms with E-state index in [4.69, 9.17) is 4.52 Å². The van der Waals surface area contributed by atoms with Crippen LogP contribution >= 0.6 is 0 Å². The molecule has 2 atom stereocenters. The van der Waals surface area contributed by atoms with Gasteiger partial charge in [-0.15, -0.1) is 0 Å². The Morgan fingerprint density at radius 2 is 2.25 bits per heavy atom. The summed E-state index contributed by atoms with van der Waals surface area (Å²) in [7, 11) is 0. The molecule has 1 aliphatic rings. The summed E-state index contributed by atoms with van der Waals surface area (Å²) in [6.07, 6.45) is 2.18. The van der Waals surface area contributed by atoms with Gasteiger partial charge in [0.25, 0.3) is 0 Å². The number of nitrogens with zero attached hydrogens (tertiary/aromatic N) is 2. The van der Waals surface area contributed by atoms with Crippen molar-refractivity contribution in [1.82, 2.24) is 10.1 Å². The molecule has 1 aromatic heterocycles. The third kappa shape index (κ3) is 4.21. The van der Waals surface area contributed by atoms with Crippen LogP contribution in [0.5, 0.6) is 0 Å². The number of aliphatic hydroxyl groups excluding tert-OH is 1. The largest absolute Gasteiger partial charge is 0.388 e. The topological polar surface area (TPSA) is 78.6 Å². The van der Waals surface area contributed by atoms with Gasteiger partial charge in [0.1, 0.15) is 5.76 Å². The lowest BCUT2D eigenvalue weighted by atomic mass is 10.0. The van der Waals surface area contributed by atoms with Gasteiger partial charge in [0.05, 0.1) is 12.6 Å². The fourth-order valence-corrected chi connectivity index (χ4v) is 3.23. The molecule has 0 aliphatic carbocycles. The van der Waals surface area contributed by atoms with E-state index in [0.717, 1.165) is 24.9 Å². The third-order valence-electron chi connectivity index (χ3n) is 4.42. The second-order valence-corrected chi connectivity index (χ2v) is 6.30. The Hall–Kier alpha value is -2.18. The smallest absolute Gasteiger partial charge is 0.239 e. The van der Waals surface area contributed by atoms with Gasteiger partial charge < -0.3 is 14.9 Å². The predicted molar refractivity (Wildman–Crippen MR) is 90.5 cm³/mol. The average Bonchev–Trinajstić information content (AvgIpc) is 3.17. The molecule has 6 nitrogen and oxygen atoms in total. The van der Waals surface area contributed by atoms with E-state index in [0.29, 0.717) is 24.5 Å². The molecule has 2 N–H and O–H groups in total. The summed E-state index contributed by atoms with van der Waals surface area (Å²) in [6, 6.07) is 11.6. The van der Waals surface area contributed by atoms with Crippen molar-refractivity contribution in [2.45, 2.75) is 38.3 Å². The van der Waals surface area contributed by atoms with Crippen LogP contribution in [0.4, 0.5) is 5.82 Å². The number of benzene rings is 1. The minimum Gasteiger partial charge on any atom is -0.388 e. The zero-order chi connectivity index (χ0) is 16.9. The first kappa shape index (κ1) is 16.7. The Labute approximate surface area is 141 Å². The molecule has 0 spiro atoms. The number of aliphatic hydroxyl groups is 1. The summed E-state index contributed by atoms with van der Waals surface area (Å²) in [5.74, 6) is 0.998. The molecule has 1 aromatic carbocycles. The number of nitrogens with one attached hydrogen (secondary N) is 1. The Kier molecular flexibility index (Phi) is 5.27. The average molecular weight is 329 g/mol. The van der Waals surface area contributed by atoms with Crippen molar-refractivity contribution in [3.63, 3.8) is 0 Å². The van der Waals surface area contributed by atoms with Crippen LogP contribution in [0.3, 0.4) is 0 Å². The normalized spacial score (nSPS) is 19.3. The van der Waals surface area contributed by atoms with Crippen molar-refractivity contribution in [1.29, 1.82) is 0 Å². The van der Waals surface area contributed by atoms with Crippen molar-refractivity contribution in [3.05, 3.63) is 47.7 Å². The van der Waals surface area contributed by atoms with Crippen LogP contribution in [0.25, 0.3) is 0 Å². The molecule has 2 heterocycles. The first-order valence-corrected chi connectivity index (χ1v) is 8.32. The minimum atomic E-state index is -0.502. The summed E-state index contributed by atoms with van der Waals surface area (Å²) >= 11 is 0. The van der Waals surface area contributed by atoms with E-state index in [1.54, 1.807) is 13.0 Å². The summed E-state index contributed by atoms with van der Waals surface area (Å²) in [5, 5.41) is 16.9. The molecular weight excluding hydrogens is 306 g/mol. The highest BCUT2D eigenvalue weighted by atomic mass is 16.5. The number of aryl methyl sites for hydroxylation is 1. The number of anilines is 1. The molecule has 1 amide bonds. The lowest BCUT2D eigenvalue weighted by Gasteiger charge is -2.25. The Morgan fingerprint density at radius 1 is 1.46 bits per heavy atom. The number of amides is 1. The van der Waals surface area contributed by atoms with Crippen LogP contribution in [-0.2, 0) is 4.79 Å². The molecule has 0 saturated carbocycles. The number of carbonyl (C=O) groups excluding carboxylic acids is 1. The van der Waals surface area contributed by atoms with Gasteiger partial charge in [0, 0.05) is 12.1 Å². The number of aromatic nitrogens is 1. The minimum absolute atomic E-state index is 0.107. The van der Waals surface area contributed by atoms with Crippen LogP contribution in [0.15, 0.2) is 40.9 Å². The van der Waals surface area contributed by atoms with Gasteiger partial charge >= 0.3 is 0 Å². The molecule has 1 aliphatic heterocycles. The van der Waals surface area contributed by atoms with Crippen LogP contribution in [-0.4, -0.2) is 40.2 Å². The van der Waals surface area contributed by atoms with Crippen LogP contribution in [0.1, 0.15) is 36.7 Å². The summed E-state index contributed by atoms with van der Waals surface area (Å²) in [5.41, 5.74) is 0.923. The number of rotatable bonds is 6. The molecule has 6 heteroatoms. The zero-order valence-corrected chi connectivity index (χ0v) is 13.8. The zero-order valence-electron chi connectivity index (χ0n) is 13.8. The molecule has 24 heavy (non-hydrogen) atoms. The maximum Gasteiger partial charge on any atom is 0.239 e. The molecule has 0 unspecified atom stereocenters. The number of likely N-dealkylation sites (tertiary alicyclic amines) is 1. The van der Waals surface area contributed by atoms with Gasteiger partial charge in [-0.25, -0.2) is 0 Å². The fraction of sp³-hybridized carbons (Fsp3) is 0.444. The van der Waals surface area contributed by atoms with E-state index >= 15 is 0 Å². The highest BCUT2D eigenvalue weighted by Crippen LogP contribution is 2.27. The third-order valence-corrected chi connectivity index (χ3v) is 4.42. The second kappa shape index (κ2) is 7.59. The number of hydrogen-bond donors (Lipinski definition) is 2. The standard InChI is InChI=1S/C18H23N3O3/c1-13-10-17(20-24-13)19-18(23)12-21-9-5-8-15(21)11-16(22)14-6-3-2-4-7-14/h2-4,6-7,10,15-16,22H,5,8-9,11-12H2,1H3,(H,19,20,23)/t15-,16-/m0/s1. The van der Waals surface area contributed by atoms with Gasteiger partial charge in [-0.3, -0.25) is 9.69 Å². The lowest BCUT2D eigenvalue weighted by molar-refractivity contribution is -0.117. The van der Waals surface area contributed by atoms with Gasteiger partial charge in [0.15, 0.2) is 5.82 Å². The predicted octanol–water partition coefficient (Wildman–Crippen LogP) is 2.51. The molecule has 2 aromatic rings. The molecular formula is C18H23N3O3. The van der Waals surface area contributed by atoms with Crippen molar-refractivity contribution in [2.75, 3.05) is 18.4 Å². The molecule has 1 saturated heterocycles. The fourth-order valence-electron chi connectivity index (χ4n) is 3.23. The maximum absolute atomic E-state index is 12.2. The molecule has 128 valence electrons. The van der Waals surface area contributed by atoms with E-state index in [1.165, 1.54) is 0 Å². The summed E-state index contributed by atoms with van der Waals surface area (Å²) in [4.78, 5) is 14.3. The van der Waals surface area contributed by atoms with Crippen LogP contribution < -0.4 is 5.32 Å². The van der Waals surface area contributed by atoms with Crippen molar-refractivity contribution in [2.24, 2.45) is 0 Å². The Morgan fingerprint density at radius 3 is 2.96 bits per heavy atom. The van der Waals surface area contributed by atoms with Gasteiger partial charge in [-0.05, 0) is 38.3 Å². The Bertz CT molecular complexity index is 671. The number of carbonyl (C=O) groups is 1. The van der Waals surface area contributed by atoms with Gasteiger partial charge in [0.2, 0.25) is 5.91 Å². The van der Waals surface area contributed by atoms with Crippen molar-refractivity contribution < 1.29 is 14.4 Å². The highest BCUT2D eigenvalue weighted by molar-refractivity contribution is 5.91. The maximum atomic E-state index is 12.2. The first-order chi connectivity index (χ1) is 11.6. The molecule has 1 fully saturated rings. The second-order valence-electron chi connectivity index (χ2n) is 6.30. The van der Waals surface area contributed by atoms with E-state index in [1.807, 2.05) is 30.3 Å².